The van der Waals surface area contributed by atoms with E-state index in [1.165, 1.54) is 22.9 Å². The van der Waals surface area contributed by atoms with Crippen LogP contribution in [0.3, 0.4) is 0 Å². The van der Waals surface area contributed by atoms with Crippen LogP contribution in [0.25, 0.3) is 5.69 Å². The van der Waals surface area contributed by atoms with Crippen molar-refractivity contribution in [3.05, 3.63) is 102 Å². The van der Waals surface area contributed by atoms with Crippen LogP contribution in [0, 0.1) is 6.92 Å². The lowest BCUT2D eigenvalue weighted by atomic mass is 10.2. The topological polar surface area (TPSA) is 59.8 Å². The second kappa shape index (κ2) is 11.2. The van der Waals surface area contributed by atoms with Crippen LogP contribution in [0.4, 0.5) is 0 Å². The minimum Gasteiger partial charge on any atom is -0.346 e. The van der Waals surface area contributed by atoms with E-state index in [0.29, 0.717) is 11.6 Å². The first-order chi connectivity index (χ1) is 16.1. The Labute approximate surface area is 203 Å². The third kappa shape index (κ3) is 6.27. The van der Waals surface area contributed by atoms with Crippen LogP contribution in [0.2, 0.25) is 0 Å². The molecular formula is C26H26N4OS2. The van der Waals surface area contributed by atoms with Gasteiger partial charge in [0.05, 0.1) is 11.8 Å². The number of rotatable bonds is 9. The molecule has 0 fully saturated rings. The lowest BCUT2D eigenvalue weighted by Crippen LogP contribution is -2.30. The maximum atomic E-state index is 12.6. The molecule has 3 aromatic carbocycles. The maximum Gasteiger partial charge on any atom is 0.230 e. The summed E-state index contributed by atoms with van der Waals surface area (Å²) in [7, 11) is 0. The van der Waals surface area contributed by atoms with Gasteiger partial charge in [-0.1, -0.05) is 78.0 Å². The number of aryl methyl sites for hydroxylation is 1. The Balaban J connectivity index is 1.51. The molecule has 4 aromatic rings. The van der Waals surface area contributed by atoms with E-state index in [9.17, 15) is 4.79 Å². The Kier molecular flexibility index (Phi) is 7.86. The van der Waals surface area contributed by atoms with Gasteiger partial charge in [0, 0.05) is 16.3 Å². The van der Waals surface area contributed by atoms with Gasteiger partial charge < -0.3 is 5.32 Å². The molecule has 168 valence electrons. The molecule has 0 radical (unpaired) electrons. The van der Waals surface area contributed by atoms with Crippen LogP contribution in [0.1, 0.15) is 29.9 Å². The van der Waals surface area contributed by atoms with Crippen LogP contribution < -0.4 is 5.32 Å². The molecule has 1 aromatic heterocycles. The molecule has 5 nitrogen and oxygen atoms in total. The van der Waals surface area contributed by atoms with Gasteiger partial charge in [-0.2, -0.15) is 0 Å². The van der Waals surface area contributed by atoms with Gasteiger partial charge in [0.25, 0.3) is 0 Å². The number of thioether (sulfide) groups is 2. The van der Waals surface area contributed by atoms with Crippen molar-refractivity contribution in [2.24, 2.45) is 0 Å². The third-order valence-corrected chi connectivity index (χ3v) is 7.05. The monoisotopic (exact) mass is 474 g/mol. The first-order valence-electron chi connectivity index (χ1n) is 10.8. The highest BCUT2D eigenvalue weighted by molar-refractivity contribution is 8.00. The molecule has 0 aliphatic rings. The number of aromatic nitrogens is 3. The van der Waals surface area contributed by atoms with Crippen molar-refractivity contribution in [2.45, 2.75) is 35.7 Å². The summed E-state index contributed by atoms with van der Waals surface area (Å²) in [5, 5.41) is 12.8. The minimum absolute atomic E-state index is 0.0340. The molecule has 0 spiro atoms. The number of nitrogens with zero attached hydrogens (tertiary/aromatic N) is 3. The number of hydrogen-bond acceptors (Lipinski definition) is 5. The average Bonchev–Trinajstić information content (AvgIpc) is 3.27. The SMILES string of the molecule is Cc1ccc(-n2c(SCc3ccccc3)nnc2C(C)NC(=O)CSc2ccccc2)cc1. The largest absolute Gasteiger partial charge is 0.346 e. The molecule has 0 aliphatic heterocycles. The van der Waals surface area contributed by atoms with Gasteiger partial charge in [-0.3, -0.25) is 9.36 Å². The Morgan fingerprint density at radius 1 is 0.909 bits per heavy atom. The first kappa shape index (κ1) is 23.1. The highest BCUT2D eigenvalue weighted by Gasteiger charge is 2.21. The fourth-order valence-electron chi connectivity index (χ4n) is 3.33. The summed E-state index contributed by atoms with van der Waals surface area (Å²) in [6, 6.07) is 28.2. The van der Waals surface area contributed by atoms with Gasteiger partial charge in [0.1, 0.15) is 0 Å². The average molecular weight is 475 g/mol. The lowest BCUT2D eigenvalue weighted by Gasteiger charge is -2.16. The molecular weight excluding hydrogens is 448 g/mol. The van der Waals surface area contributed by atoms with E-state index >= 15 is 0 Å². The van der Waals surface area contributed by atoms with Gasteiger partial charge in [-0.05, 0) is 43.7 Å². The molecule has 1 N–H and O–H groups in total. The van der Waals surface area contributed by atoms with Crippen LogP contribution in [0.5, 0.6) is 0 Å². The summed E-state index contributed by atoms with van der Waals surface area (Å²) in [6.45, 7) is 4.01. The van der Waals surface area contributed by atoms with Gasteiger partial charge in [0.15, 0.2) is 11.0 Å². The molecule has 1 amide bonds. The summed E-state index contributed by atoms with van der Waals surface area (Å²) >= 11 is 3.16. The number of nitrogens with one attached hydrogen (secondary N) is 1. The number of carbonyl (C=O) groups is 1. The predicted octanol–water partition coefficient (Wildman–Crippen LogP) is 5.84. The Morgan fingerprint density at radius 2 is 1.58 bits per heavy atom. The van der Waals surface area contributed by atoms with Crippen LogP contribution >= 0.6 is 23.5 Å². The van der Waals surface area contributed by atoms with Gasteiger partial charge in [0.2, 0.25) is 5.91 Å². The molecule has 4 rings (SSSR count). The normalized spacial score (nSPS) is 11.8. The quantitative estimate of drug-likeness (QED) is 0.309. The molecule has 1 unspecified atom stereocenters. The van der Waals surface area contributed by atoms with E-state index in [1.54, 1.807) is 11.8 Å². The predicted molar refractivity (Wildman–Crippen MR) is 136 cm³/mol. The molecule has 33 heavy (non-hydrogen) atoms. The van der Waals surface area contributed by atoms with E-state index in [2.05, 4.69) is 58.8 Å². The zero-order chi connectivity index (χ0) is 23.0. The Morgan fingerprint density at radius 3 is 2.27 bits per heavy atom. The van der Waals surface area contributed by atoms with E-state index in [1.807, 2.05) is 60.0 Å². The smallest absolute Gasteiger partial charge is 0.230 e. The third-order valence-electron chi connectivity index (χ3n) is 5.04. The van der Waals surface area contributed by atoms with E-state index < -0.39 is 0 Å². The van der Waals surface area contributed by atoms with Crippen molar-refractivity contribution < 1.29 is 4.79 Å². The molecule has 0 bridgehead atoms. The number of carbonyl (C=O) groups excluding carboxylic acids is 1. The second-order valence-corrected chi connectivity index (χ2v) is 9.67. The summed E-state index contributed by atoms with van der Waals surface area (Å²) in [5.41, 5.74) is 3.39. The summed E-state index contributed by atoms with van der Waals surface area (Å²) < 4.78 is 2.04. The van der Waals surface area contributed by atoms with Crippen molar-refractivity contribution >= 4 is 29.4 Å². The van der Waals surface area contributed by atoms with E-state index in [-0.39, 0.29) is 11.9 Å². The van der Waals surface area contributed by atoms with E-state index in [4.69, 9.17) is 0 Å². The van der Waals surface area contributed by atoms with Crippen LogP contribution in [-0.4, -0.2) is 26.4 Å². The summed E-state index contributed by atoms with van der Waals surface area (Å²) in [5.74, 6) is 1.82. The fraction of sp³-hybridized carbons (Fsp3) is 0.192. The number of amides is 1. The summed E-state index contributed by atoms with van der Waals surface area (Å²) in [4.78, 5) is 13.7. The summed E-state index contributed by atoms with van der Waals surface area (Å²) in [6.07, 6.45) is 0. The highest BCUT2D eigenvalue weighted by Crippen LogP contribution is 2.28. The fourth-order valence-corrected chi connectivity index (χ4v) is 4.97. The first-order valence-corrected chi connectivity index (χ1v) is 12.7. The van der Waals surface area contributed by atoms with Crippen molar-refractivity contribution in [1.82, 2.24) is 20.1 Å². The molecule has 0 saturated carbocycles. The molecule has 0 saturated heterocycles. The number of hydrogen-bond donors (Lipinski definition) is 1. The standard InChI is InChI=1S/C26H26N4OS2/c1-19-13-15-22(16-14-19)30-25(28-29-26(30)33-17-21-9-5-3-6-10-21)20(2)27-24(31)18-32-23-11-7-4-8-12-23/h3-16,20H,17-18H2,1-2H3,(H,27,31). The molecule has 1 atom stereocenters. The maximum absolute atomic E-state index is 12.6. The zero-order valence-corrected chi connectivity index (χ0v) is 20.3. The van der Waals surface area contributed by atoms with Crippen LogP contribution in [-0.2, 0) is 10.5 Å². The van der Waals surface area contributed by atoms with Gasteiger partial charge in [-0.25, -0.2) is 0 Å². The minimum atomic E-state index is -0.284. The zero-order valence-electron chi connectivity index (χ0n) is 18.6. The molecule has 7 heteroatoms. The second-order valence-electron chi connectivity index (χ2n) is 7.68. The van der Waals surface area contributed by atoms with Gasteiger partial charge >= 0.3 is 0 Å². The lowest BCUT2D eigenvalue weighted by molar-refractivity contribution is -0.119. The van der Waals surface area contributed by atoms with Crippen molar-refractivity contribution in [2.75, 3.05) is 5.75 Å². The number of benzene rings is 3. The van der Waals surface area contributed by atoms with Gasteiger partial charge in [-0.15, -0.1) is 22.0 Å². The highest BCUT2D eigenvalue weighted by atomic mass is 32.2. The van der Waals surface area contributed by atoms with Crippen molar-refractivity contribution in [3.8, 4) is 5.69 Å². The Hall–Kier alpha value is -3.03. The Bertz CT molecular complexity index is 1180. The van der Waals surface area contributed by atoms with Crippen molar-refractivity contribution in [1.29, 1.82) is 0 Å². The van der Waals surface area contributed by atoms with Crippen LogP contribution in [0.15, 0.2) is 95.0 Å². The van der Waals surface area contributed by atoms with Crippen molar-refractivity contribution in [3.63, 3.8) is 0 Å². The van der Waals surface area contributed by atoms with E-state index in [0.717, 1.165) is 21.5 Å². The molecule has 0 aliphatic carbocycles. The molecule has 1 heterocycles.